The third-order valence-corrected chi connectivity index (χ3v) is 2.36. The zero-order valence-corrected chi connectivity index (χ0v) is 10.2. The topological polar surface area (TPSA) is 64.8 Å². The second kappa shape index (κ2) is 6.75. The highest BCUT2D eigenvalue weighted by Crippen LogP contribution is 2.20. The molecule has 17 heavy (non-hydrogen) atoms. The lowest BCUT2D eigenvalue weighted by Gasteiger charge is -2.21. The van der Waals surface area contributed by atoms with Crippen LogP contribution in [0.5, 0.6) is 5.75 Å². The van der Waals surface area contributed by atoms with E-state index in [1.807, 2.05) is 12.1 Å². The van der Waals surface area contributed by atoms with Crippen molar-refractivity contribution in [2.45, 2.75) is 6.42 Å². The molecule has 0 aliphatic heterocycles. The molecule has 1 amide bonds. The number of amides is 1. The molecule has 0 bridgehead atoms. The minimum Gasteiger partial charge on any atom is -0.497 e. The van der Waals surface area contributed by atoms with E-state index in [0.717, 1.165) is 17.9 Å². The minimum atomic E-state index is -0.386. The molecule has 1 aromatic rings. The number of nitrogens with two attached hydrogens (primary N) is 1. The Labute approximate surface area is 101 Å². The summed E-state index contributed by atoms with van der Waals surface area (Å²) in [5.74, 6) is 0.748. The molecule has 1 aromatic carbocycles. The molecule has 0 heterocycles. The van der Waals surface area contributed by atoms with Gasteiger partial charge in [0.25, 0.3) is 0 Å². The van der Waals surface area contributed by atoms with Gasteiger partial charge in [0, 0.05) is 12.2 Å². The zero-order chi connectivity index (χ0) is 12.7. The molecule has 0 saturated carbocycles. The maximum Gasteiger partial charge on any atom is 0.413 e. The number of benzene rings is 1. The van der Waals surface area contributed by atoms with Gasteiger partial charge in [0.2, 0.25) is 0 Å². The van der Waals surface area contributed by atoms with Gasteiger partial charge < -0.3 is 15.2 Å². The predicted molar refractivity (Wildman–Crippen MR) is 66.4 cm³/mol. The summed E-state index contributed by atoms with van der Waals surface area (Å²) >= 11 is 0. The monoisotopic (exact) mass is 238 g/mol. The van der Waals surface area contributed by atoms with Gasteiger partial charge in [-0.1, -0.05) is 0 Å². The minimum absolute atomic E-state index is 0.386. The highest BCUT2D eigenvalue weighted by atomic mass is 16.5. The fourth-order valence-electron chi connectivity index (χ4n) is 1.45. The summed E-state index contributed by atoms with van der Waals surface area (Å²) in [5, 5.41) is 0. The second-order valence-electron chi connectivity index (χ2n) is 3.46. The van der Waals surface area contributed by atoms with Gasteiger partial charge in [-0.05, 0) is 37.2 Å². The number of ether oxygens (including phenoxy) is 2. The Morgan fingerprint density at radius 3 is 2.41 bits per heavy atom. The lowest BCUT2D eigenvalue weighted by atomic mass is 10.2. The van der Waals surface area contributed by atoms with Crippen molar-refractivity contribution in [3.8, 4) is 5.75 Å². The third kappa shape index (κ3) is 3.64. The number of nitrogens with zero attached hydrogens (tertiary/aromatic N) is 1. The molecule has 1 rings (SSSR count). The lowest BCUT2D eigenvalue weighted by molar-refractivity contribution is 0.178. The predicted octanol–water partition coefficient (Wildman–Crippen LogP) is 1.62. The Kier molecular flexibility index (Phi) is 5.29. The number of carbonyl (C=O) groups is 1. The lowest BCUT2D eigenvalue weighted by Crippen LogP contribution is -2.32. The van der Waals surface area contributed by atoms with Gasteiger partial charge in [-0.2, -0.15) is 0 Å². The van der Waals surface area contributed by atoms with E-state index in [4.69, 9.17) is 15.2 Å². The summed E-state index contributed by atoms with van der Waals surface area (Å²) in [4.78, 5) is 13.2. The third-order valence-electron chi connectivity index (χ3n) is 2.36. The summed E-state index contributed by atoms with van der Waals surface area (Å²) in [7, 11) is 2.96. The second-order valence-corrected chi connectivity index (χ2v) is 3.46. The van der Waals surface area contributed by atoms with Crippen molar-refractivity contribution >= 4 is 11.8 Å². The van der Waals surface area contributed by atoms with Crippen LogP contribution in [0.1, 0.15) is 6.42 Å². The molecule has 0 fully saturated rings. The number of anilines is 1. The number of rotatable bonds is 5. The van der Waals surface area contributed by atoms with Crippen molar-refractivity contribution in [1.82, 2.24) is 0 Å². The summed E-state index contributed by atoms with van der Waals surface area (Å²) < 4.78 is 9.80. The van der Waals surface area contributed by atoms with Crippen molar-refractivity contribution in [3.05, 3.63) is 24.3 Å². The van der Waals surface area contributed by atoms with Crippen LogP contribution in [0, 0.1) is 0 Å². The van der Waals surface area contributed by atoms with Crippen LogP contribution in [0.25, 0.3) is 0 Å². The smallest absolute Gasteiger partial charge is 0.413 e. The zero-order valence-electron chi connectivity index (χ0n) is 10.2. The van der Waals surface area contributed by atoms with E-state index < -0.39 is 0 Å². The van der Waals surface area contributed by atoms with E-state index in [2.05, 4.69) is 0 Å². The van der Waals surface area contributed by atoms with Crippen LogP contribution in [0.4, 0.5) is 10.5 Å². The highest BCUT2D eigenvalue weighted by molar-refractivity contribution is 5.87. The first-order chi connectivity index (χ1) is 8.22. The van der Waals surface area contributed by atoms with Gasteiger partial charge in [0.05, 0.1) is 14.2 Å². The average Bonchev–Trinajstić information content (AvgIpc) is 2.39. The van der Waals surface area contributed by atoms with Crippen molar-refractivity contribution in [2.75, 3.05) is 32.2 Å². The van der Waals surface area contributed by atoms with Gasteiger partial charge in [-0.3, -0.25) is 4.90 Å². The van der Waals surface area contributed by atoms with Crippen LogP contribution < -0.4 is 15.4 Å². The standard InChI is InChI=1S/C12H18N2O3/c1-16-11-6-4-10(5-7-11)14(9-3-8-13)12(15)17-2/h4-7H,3,8-9,13H2,1-2H3. The fourth-order valence-corrected chi connectivity index (χ4v) is 1.45. The van der Waals surface area contributed by atoms with Crippen molar-refractivity contribution in [1.29, 1.82) is 0 Å². The van der Waals surface area contributed by atoms with E-state index in [9.17, 15) is 4.79 Å². The SMILES string of the molecule is COC(=O)N(CCCN)c1ccc(OC)cc1. The molecule has 0 radical (unpaired) electrons. The van der Waals surface area contributed by atoms with E-state index in [-0.39, 0.29) is 6.09 Å². The van der Waals surface area contributed by atoms with E-state index in [1.54, 1.807) is 24.1 Å². The molecular formula is C12H18N2O3. The largest absolute Gasteiger partial charge is 0.497 e. The Morgan fingerprint density at radius 1 is 1.29 bits per heavy atom. The van der Waals surface area contributed by atoms with E-state index in [1.165, 1.54) is 7.11 Å². The molecule has 5 nitrogen and oxygen atoms in total. The Bertz CT molecular complexity index is 351. The van der Waals surface area contributed by atoms with Crippen molar-refractivity contribution in [2.24, 2.45) is 5.73 Å². The normalized spacial score (nSPS) is 9.82. The molecule has 0 spiro atoms. The summed E-state index contributed by atoms with van der Waals surface area (Å²) in [6.45, 7) is 1.07. The van der Waals surface area contributed by atoms with Crippen LogP contribution in [0.2, 0.25) is 0 Å². The highest BCUT2D eigenvalue weighted by Gasteiger charge is 2.15. The van der Waals surface area contributed by atoms with Crippen LogP contribution in [0.3, 0.4) is 0 Å². The molecule has 5 heteroatoms. The number of hydrogen-bond donors (Lipinski definition) is 1. The van der Waals surface area contributed by atoms with Crippen LogP contribution >= 0.6 is 0 Å². The average molecular weight is 238 g/mol. The van der Waals surface area contributed by atoms with Crippen molar-refractivity contribution < 1.29 is 14.3 Å². The van der Waals surface area contributed by atoms with E-state index in [0.29, 0.717) is 13.1 Å². The molecular weight excluding hydrogens is 220 g/mol. The van der Waals surface area contributed by atoms with Gasteiger partial charge in [-0.25, -0.2) is 4.79 Å². The van der Waals surface area contributed by atoms with Gasteiger partial charge in [-0.15, -0.1) is 0 Å². The first kappa shape index (κ1) is 13.3. The first-order valence-corrected chi connectivity index (χ1v) is 5.42. The Balaban J connectivity index is 2.83. The molecule has 0 unspecified atom stereocenters. The number of carbonyl (C=O) groups excluding carboxylic acids is 1. The number of methoxy groups -OCH3 is 2. The maximum atomic E-state index is 11.6. The molecule has 0 atom stereocenters. The van der Waals surface area contributed by atoms with Gasteiger partial charge >= 0.3 is 6.09 Å². The van der Waals surface area contributed by atoms with Crippen LogP contribution in [-0.2, 0) is 4.74 Å². The summed E-state index contributed by atoms with van der Waals surface area (Å²) in [5.41, 5.74) is 6.21. The molecule has 0 aromatic heterocycles. The maximum absolute atomic E-state index is 11.6. The van der Waals surface area contributed by atoms with Gasteiger partial charge in [0.1, 0.15) is 5.75 Å². The van der Waals surface area contributed by atoms with Gasteiger partial charge in [0.15, 0.2) is 0 Å². The Morgan fingerprint density at radius 2 is 1.94 bits per heavy atom. The summed E-state index contributed by atoms with van der Waals surface area (Å²) in [6, 6.07) is 7.22. The molecule has 0 aliphatic carbocycles. The molecule has 0 saturated heterocycles. The first-order valence-electron chi connectivity index (χ1n) is 5.42. The quantitative estimate of drug-likeness (QED) is 0.846. The van der Waals surface area contributed by atoms with Crippen LogP contribution in [-0.4, -0.2) is 33.4 Å². The molecule has 2 N–H and O–H groups in total. The number of hydrogen-bond acceptors (Lipinski definition) is 4. The fraction of sp³-hybridized carbons (Fsp3) is 0.417. The molecule has 94 valence electrons. The van der Waals surface area contributed by atoms with E-state index >= 15 is 0 Å². The Hall–Kier alpha value is -1.75. The van der Waals surface area contributed by atoms with Crippen LogP contribution in [0.15, 0.2) is 24.3 Å². The summed E-state index contributed by atoms with van der Waals surface area (Å²) in [6.07, 6.45) is 0.338. The molecule has 0 aliphatic rings. The van der Waals surface area contributed by atoms with Crippen molar-refractivity contribution in [3.63, 3.8) is 0 Å².